The summed E-state index contributed by atoms with van der Waals surface area (Å²) in [5, 5.41) is 5.33. The fraction of sp³-hybridized carbons (Fsp3) is 0.238. The van der Waals surface area contributed by atoms with E-state index in [-0.39, 0.29) is 16.7 Å². The molecule has 0 aliphatic carbocycles. The molecule has 2 aliphatic heterocycles. The molecule has 3 aromatic rings. The van der Waals surface area contributed by atoms with Crippen LogP contribution in [0.2, 0.25) is 0 Å². The number of piperidine rings is 1. The van der Waals surface area contributed by atoms with E-state index >= 15 is 0 Å². The van der Waals surface area contributed by atoms with E-state index in [1.165, 1.54) is 11.3 Å². The number of amidine groups is 1. The number of pyridine rings is 1. The zero-order valence-electron chi connectivity index (χ0n) is 16.4. The summed E-state index contributed by atoms with van der Waals surface area (Å²) in [5.74, 6) is 0.254. The van der Waals surface area contributed by atoms with Gasteiger partial charge in [0.2, 0.25) is 5.91 Å². The third-order valence-electron chi connectivity index (χ3n) is 5.44. The van der Waals surface area contributed by atoms with Gasteiger partial charge in [-0.15, -0.1) is 15.7 Å². The number of carbonyl (C=O) groups is 1. The van der Waals surface area contributed by atoms with Gasteiger partial charge in [0.05, 0.1) is 5.69 Å². The lowest BCUT2D eigenvalue weighted by atomic mass is 9.95. The van der Waals surface area contributed by atoms with Crippen LogP contribution in [-0.4, -0.2) is 48.1 Å². The molecule has 1 aromatic carbocycles. The summed E-state index contributed by atoms with van der Waals surface area (Å²) in [6, 6.07) is 12.5. The molecule has 0 bridgehead atoms. The lowest BCUT2D eigenvalue weighted by Crippen LogP contribution is -2.41. The molecule has 2 aromatic heterocycles. The van der Waals surface area contributed by atoms with Gasteiger partial charge in [0, 0.05) is 36.1 Å². The first-order valence-electron chi connectivity index (χ1n) is 9.88. The number of thiazole rings is 1. The van der Waals surface area contributed by atoms with E-state index in [9.17, 15) is 13.2 Å². The molecule has 5 rings (SSSR count). The summed E-state index contributed by atoms with van der Waals surface area (Å²) in [7, 11) is -3.64. The molecule has 8 nitrogen and oxygen atoms in total. The summed E-state index contributed by atoms with van der Waals surface area (Å²) in [6.45, 7) is 1.13. The van der Waals surface area contributed by atoms with Crippen LogP contribution < -0.4 is 5.32 Å². The maximum atomic E-state index is 12.7. The average Bonchev–Trinajstić information content (AvgIpc) is 3.37. The Labute approximate surface area is 183 Å². The van der Waals surface area contributed by atoms with Gasteiger partial charge in [-0.1, -0.05) is 18.2 Å². The lowest BCUT2D eigenvalue weighted by Gasteiger charge is -2.32. The third-order valence-corrected chi connectivity index (χ3v) is 7.52. The highest BCUT2D eigenvalue weighted by Gasteiger charge is 2.34. The number of aromatic nitrogens is 2. The van der Waals surface area contributed by atoms with E-state index in [0.29, 0.717) is 42.5 Å². The number of anilines is 1. The summed E-state index contributed by atoms with van der Waals surface area (Å²) in [6.07, 6.45) is 2.94. The smallest absolute Gasteiger partial charge is 0.285 e. The summed E-state index contributed by atoms with van der Waals surface area (Å²) in [4.78, 5) is 23.7. The van der Waals surface area contributed by atoms with Crippen molar-refractivity contribution in [1.82, 2.24) is 14.9 Å². The number of likely N-dealkylation sites (tertiary alicyclic amines) is 1. The number of nitrogens with zero attached hydrogens (tertiary/aromatic N) is 4. The second-order valence-electron chi connectivity index (χ2n) is 7.39. The minimum atomic E-state index is -3.64. The van der Waals surface area contributed by atoms with Crippen molar-refractivity contribution < 1.29 is 13.2 Å². The fourth-order valence-electron chi connectivity index (χ4n) is 3.84. The number of benzene rings is 1. The molecule has 1 N–H and O–H groups in total. The Balaban J connectivity index is 1.23. The van der Waals surface area contributed by atoms with Crippen molar-refractivity contribution in [2.24, 2.45) is 10.3 Å². The largest absolute Gasteiger partial charge is 0.355 e. The molecule has 0 unspecified atom stereocenters. The van der Waals surface area contributed by atoms with Gasteiger partial charge in [0.1, 0.15) is 10.6 Å². The van der Waals surface area contributed by atoms with Crippen molar-refractivity contribution in [3.63, 3.8) is 0 Å². The van der Waals surface area contributed by atoms with Crippen LogP contribution in [0.1, 0.15) is 18.4 Å². The van der Waals surface area contributed by atoms with Crippen LogP contribution >= 0.6 is 11.3 Å². The minimum Gasteiger partial charge on any atom is -0.355 e. The normalized spacial score (nSPS) is 17.8. The highest BCUT2D eigenvalue weighted by Crippen LogP contribution is 2.30. The second kappa shape index (κ2) is 7.86. The lowest BCUT2D eigenvalue weighted by molar-refractivity contribution is -0.120. The Morgan fingerprint density at radius 3 is 2.61 bits per heavy atom. The highest BCUT2D eigenvalue weighted by molar-refractivity contribution is 7.90. The SMILES string of the molecule is O=C(Nc1nc(-c2ccccn2)cs1)C1CCN(C2=NS(=O)(=O)c3ccccc32)CC1. The first kappa shape index (κ1) is 19.8. The van der Waals surface area contributed by atoms with Crippen molar-refractivity contribution in [2.45, 2.75) is 17.7 Å². The van der Waals surface area contributed by atoms with Crippen LogP contribution in [0.5, 0.6) is 0 Å². The Morgan fingerprint density at radius 2 is 1.84 bits per heavy atom. The quantitative estimate of drug-likeness (QED) is 0.654. The van der Waals surface area contributed by atoms with Gasteiger partial charge >= 0.3 is 0 Å². The number of nitrogens with one attached hydrogen (secondary N) is 1. The van der Waals surface area contributed by atoms with Gasteiger partial charge in [-0.05, 0) is 37.1 Å². The molecule has 0 radical (unpaired) electrons. The summed E-state index contributed by atoms with van der Waals surface area (Å²) >= 11 is 1.37. The van der Waals surface area contributed by atoms with Gasteiger partial charge in [-0.25, -0.2) is 4.98 Å². The van der Waals surface area contributed by atoms with E-state index in [4.69, 9.17) is 0 Å². The molecular weight excluding hydrogens is 434 g/mol. The van der Waals surface area contributed by atoms with Crippen LogP contribution in [0, 0.1) is 5.92 Å². The van der Waals surface area contributed by atoms with Crippen molar-refractivity contribution in [3.8, 4) is 11.4 Å². The van der Waals surface area contributed by atoms with Gasteiger partial charge in [0.15, 0.2) is 11.0 Å². The molecule has 4 heterocycles. The van der Waals surface area contributed by atoms with Crippen molar-refractivity contribution in [2.75, 3.05) is 18.4 Å². The van der Waals surface area contributed by atoms with Gasteiger partial charge in [0.25, 0.3) is 10.0 Å². The third kappa shape index (κ3) is 3.84. The first-order chi connectivity index (χ1) is 15.0. The topological polar surface area (TPSA) is 105 Å². The molecule has 1 fully saturated rings. The zero-order chi connectivity index (χ0) is 21.4. The van der Waals surface area contributed by atoms with Gasteiger partial charge < -0.3 is 10.2 Å². The maximum absolute atomic E-state index is 12.7. The van der Waals surface area contributed by atoms with Crippen LogP contribution in [0.15, 0.2) is 63.3 Å². The zero-order valence-corrected chi connectivity index (χ0v) is 18.1. The Bertz CT molecular complexity index is 1260. The molecule has 1 amide bonds. The summed E-state index contributed by atoms with van der Waals surface area (Å²) in [5.41, 5.74) is 2.13. The maximum Gasteiger partial charge on any atom is 0.285 e. The first-order valence-corrected chi connectivity index (χ1v) is 12.2. The molecule has 10 heteroatoms. The number of hydrogen-bond acceptors (Lipinski definition) is 7. The van der Waals surface area contributed by atoms with Crippen molar-refractivity contribution in [1.29, 1.82) is 0 Å². The number of amides is 1. The minimum absolute atomic E-state index is 0.0667. The monoisotopic (exact) mass is 453 g/mol. The molecule has 1 saturated heterocycles. The number of rotatable bonds is 3. The Kier molecular flexibility index (Phi) is 5.03. The average molecular weight is 454 g/mol. The van der Waals surface area contributed by atoms with E-state index in [1.807, 2.05) is 34.5 Å². The second-order valence-corrected chi connectivity index (χ2v) is 9.82. The summed E-state index contributed by atoms with van der Waals surface area (Å²) < 4.78 is 28.6. The van der Waals surface area contributed by atoms with Crippen LogP contribution in [0.4, 0.5) is 5.13 Å². The number of hydrogen-bond donors (Lipinski definition) is 1. The number of fused-ring (bicyclic) bond motifs is 1. The van der Waals surface area contributed by atoms with Crippen LogP contribution in [0.25, 0.3) is 11.4 Å². The van der Waals surface area contributed by atoms with Gasteiger partial charge in [-0.3, -0.25) is 9.78 Å². The number of carbonyl (C=O) groups excluding carboxylic acids is 1. The molecular formula is C21H19N5O3S2. The molecule has 0 atom stereocenters. The standard InChI is InChI=1S/C21H19N5O3S2/c27-20(24-21-23-17(13-30-21)16-6-3-4-10-22-16)14-8-11-26(12-9-14)19-15-5-1-2-7-18(15)31(28,29)25-19/h1-7,10,13-14H,8-9,11-12H2,(H,23,24,27). The molecule has 2 aliphatic rings. The Hall–Kier alpha value is -3.11. The van der Waals surface area contributed by atoms with E-state index in [2.05, 4.69) is 19.7 Å². The number of sulfonamides is 1. The predicted molar refractivity (Wildman–Crippen MR) is 118 cm³/mol. The molecule has 31 heavy (non-hydrogen) atoms. The molecule has 158 valence electrons. The predicted octanol–water partition coefficient (Wildman–Crippen LogP) is 3.00. The van der Waals surface area contributed by atoms with Crippen LogP contribution in [-0.2, 0) is 14.8 Å². The van der Waals surface area contributed by atoms with E-state index in [0.717, 1.165) is 11.4 Å². The fourth-order valence-corrected chi connectivity index (χ4v) is 5.78. The Morgan fingerprint density at radius 1 is 1.06 bits per heavy atom. The van der Waals surface area contributed by atoms with Crippen molar-refractivity contribution >= 4 is 38.2 Å². The van der Waals surface area contributed by atoms with Crippen LogP contribution in [0.3, 0.4) is 0 Å². The molecule has 0 spiro atoms. The van der Waals surface area contributed by atoms with Gasteiger partial charge in [-0.2, -0.15) is 8.42 Å². The van der Waals surface area contributed by atoms with E-state index < -0.39 is 10.0 Å². The molecule has 0 saturated carbocycles. The van der Waals surface area contributed by atoms with E-state index in [1.54, 1.807) is 24.4 Å². The van der Waals surface area contributed by atoms with Crippen molar-refractivity contribution in [3.05, 3.63) is 59.6 Å². The highest BCUT2D eigenvalue weighted by atomic mass is 32.2.